The first-order valence-corrected chi connectivity index (χ1v) is 10.8. The van der Waals surface area contributed by atoms with Gasteiger partial charge < -0.3 is 15.2 Å². The third kappa shape index (κ3) is 5.13. The number of alkyl halides is 3. The highest BCUT2D eigenvalue weighted by atomic mass is 19.4. The maximum atomic E-state index is 14.6. The van der Waals surface area contributed by atoms with Crippen molar-refractivity contribution in [2.45, 2.75) is 44.5 Å². The highest BCUT2D eigenvalue weighted by Crippen LogP contribution is 2.50. The number of carbonyl (C=O) groups is 2. The Morgan fingerprint density at radius 2 is 1.94 bits per heavy atom. The maximum absolute atomic E-state index is 14.6. The number of amides is 1. The minimum atomic E-state index is -4.97. The highest BCUT2D eigenvalue weighted by molar-refractivity contribution is 6.03. The van der Waals surface area contributed by atoms with Crippen LogP contribution in [0.5, 0.6) is 5.75 Å². The Hall–Kier alpha value is -3.89. The van der Waals surface area contributed by atoms with E-state index in [9.17, 15) is 32.3 Å². The minimum absolute atomic E-state index is 0.0523. The molecule has 2 N–H and O–H groups in total. The van der Waals surface area contributed by atoms with Gasteiger partial charge in [0.25, 0.3) is 0 Å². The van der Waals surface area contributed by atoms with Gasteiger partial charge >= 0.3 is 12.3 Å². The third-order valence-corrected chi connectivity index (χ3v) is 5.78. The lowest BCUT2D eigenvalue weighted by atomic mass is 9.94. The molecule has 1 aliphatic carbocycles. The second-order valence-corrected chi connectivity index (χ2v) is 8.28. The number of aromatic nitrogens is 2. The van der Waals surface area contributed by atoms with E-state index in [1.54, 1.807) is 23.1 Å². The molecule has 35 heavy (non-hydrogen) atoms. The molecule has 0 spiro atoms. The van der Waals surface area contributed by atoms with E-state index in [0.29, 0.717) is 23.7 Å². The van der Waals surface area contributed by atoms with E-state index >= 15 is 0 Å². The summed E-state index contributed by atoms with van der Waals surface area (Å²) in [6.07, 6.45) is -0.240. The van der Waals surface area contributed by atoms with Crippen molar-refractivity contribution in [3.05, 3.63) is 65.7 Å². The molecule has 4 rings (SSSR count). The van der Waals surface area contributed by atoms with Gasteiger partial charge in [0.1, 0.15) is 11.6 Å². The lowest BCUT2D eigenvalue weighted by molar-refractivity contribution is -0.274. The lowest BCUT2D eigenvalue weighted by Gasteiger charge is -2.18. The summed E-state index contributed by atoms with van der Waals surface area (Å²) >= 11 is 0. The van der Waals surface area contributed by atoms with Crippen molar-refractivity contribution in [2.24, 2.45) is 0 Å². The van der Waals surface area contributed by atoms with Crippen molar-refractivity contribution in [2.75, 3.05) is 5.32 Å². The predicted octanol–water partition coefficient (Wildman–Crippen LogP) is 5.37. The number of halogens is 4. The van der Waals surface area contributed by atoms with Crippen LogP contribution in [-0.4, -0.2) is 33.1 Å². The molecule has 2 aromatic carbocycles. The van der Waals surface area contributed by atoms with Crippen molar-refractivity contribution in [3.63, 3.8) is 0 Å². The van der Waals surface area contributed by atoms with Crippen LogP contribution in [0, 0.1) is 5.82 Å². The Labute approximate surface area is 197 Å². The molecule has 184 valence electrons. The number of carboxylic acids is 1. The fourth-order valence-corrected chi connectivity index (χ4v) is 3.98. The Balaban J connectivity index is 1.57. The zero-order valence-corrected chi connectivity index (χ0v) is 18.5. The highest BCUT2D eigenvalue weighted by Gasteiger charge is 2.53. The third-order valence-electron chi connectivity index (χ3n) is 5.78. The molecule has 0 radical (unpaired) electrons. The molecule has 1 aliphatic rings. The van der Waals surface area contributed by atoms with Gasteiger partial charge in [-0.15, -0.1) is 13.2 Å². The summed E-state index contributed by atoms with van der Waals surface area (Å²) in [5.74, 6) is -3.50. The Bertz CT molecular complexity index is 1280. The fourth-order valence-electron chi connectivity index (χ4n) is 3.98. The predicted molar refractivity (Wildman–Crippen MR) is 118 cm³/mol. The van der Waals surface area contributed by atoms with Crippen LogP contribution in [0.15, 0.2) is 48.8 Å². The second-order valence-electron chi connectivity index (χ2n) is 8.28. The lowest BCUT2D eigenvalue weighted by Crippen LogP contribution is -2.29. The van der Waals surface area contributed by atoms with Gasteiger partial charge in [-0.25, -0.2) is 9.18 Å². The zero-order valence-electron chi connectivity index (χ0n) is 18.5. The van der Waals surface area contributed by atoms with E-state index in [2.05, 4.69) is 15.2 Å². The first-order chi connectivity index (χ1) is 16.5. The summed E-state index contributed by atoms with van der Waals surface area (Å²) in [4.78, 5) is 24.9. The summed E-state index contributed by atoms with van der Waals surface area (Å²) in [5, 5.41) is 16.5. The van der Waals surface area contributed by atoms with Gasteiger partial charge in [-0.1, -0.05) is 19.1 Å². The van der Waals surface area contributed by atoms with Crippen LogP contribution in [0.4, 0.5) is 23.2 Å². The molecule has 1 saturated carbocycles. The molecule has 3 aromatic rings. The largest absolute Gasteiger partial charge is 0.573 e. The maximum Gasteiger partial charge on any atom is 0.573 e. The standard InChI is InChI=1S/C24H21F4N3O4/c1-2-9-31-13-14(12-29-31)17-5-3-15(10-18(17)21(32)33)30-22(34)23(7-8-23)19-6-4-16(11-20(19)25)35-24(26,27)28/h3-6,10-13H,2,7-9H2,1H3,(H,30,34)(H,32,33). The zero-order chi connectivity index (χ0) is 25.4. The summed E-state index contributed by atoms with van der Waals surface area (Å²) in [6.45, 7) is 2.67. The molecule has 0 atom stereocenters. The van der Waals surface area contributed by atoms with E-state index in [0.717, 1.165) is 18.6 Å². The van der Waals surface area contributed by atoms with Crippen LogP contribution in [-0.2, 0) is 16.8 Å². The quantitative estimate of drug-likeness (QED) is 0.414. The normalized spacial score (nSPS) is 14.4. The van der Waals surface area contributed by atoms with Gasteiger partial charge in [0.15, 0.2) is 0 Å². The number of hydrogen-bond acceptors (Lipinski definition) is 4. The number of aryl methyl sites for hydroxylation is 1. The Morgan fingerprint density at radius 3 is 2.54 bits per heavy atom. The molecular formula is C24H21F4N3O4. The SMILES string of the molecule is CCCn1cc(-c2ccc(NC(=O)C3(c4ccc(OC(F)(F)F)cc4F)CC3)cc2C(=O)O)cn1. The van der Waals surface area contributed by atoms with Crippen LogP contribution < -0.4 is 10.1 Å². The average Bonchev–Trinajstić information content (AvgIpc) is 3.45. The molecule has 1 amide bonds. The first kappa shape index (κ1) is 24.2. The van der Waals surface area contributed by atoms with E-state index in [1.807, 2.05) is 6.92 Å². The summed E-state index contributed by atoms with van der Waals surface area (Å²) in [5.41, 5.74) is -0.141. The second kappa shape index (κ2) is 9.05. The van der Waals surface area contributed by atoms with E-state index < -0.39 is 35.2 Å². The molecule has 0 bridgehead atoms. The van der Waals surface area contributed by atoms with Gasteiger partial charge in [-0.2, -0.15) is 5.10 Å². The molecule has 1 aromatic heterocycles. The molecule has 0 saturated heterocycles. The monoisotopic (exact) mass is 491 g/mol. The smallest absolute Gasteiger partial charge is 0.478 e. The number of carbonyl (C=O) groups excluding carboxylic acids is 1. The average molecular weight is 491 g/mol. The molecule has 1 heterocycles. The van der Waals surface area contributed by atoms with E-state index in [-0.39, 0.29) is 29.7 Å². The Morgan fingerprint density at radius 1 is 1.20 bits per heavy atom. The number of anilines is 1. The minimum Gasteiger partial charge on any atom is -0.478 e. The first-order valence-electron chi connectivity index (χ1n) is 10.8. The number of aromatic carboxylic acids is 1. The van der Waals surface area contributed by atoms with Gasteiger partial charge in [-0.05, 0) is 43.0 Å². The molecule has 11 heteroatoms. The van der Waals surface area contributed by atoms with Crippen LogP contribution in [0.2, 0.25) is 0 Å². The van der Waals surface area contributed by atoms with Crippen molar-refractivity contribution in [3.8, 4) is 16.9 Å². The van der Waals surface area contributed by atoms with E-state index in [1.165, 1.54) is 12.1 Å². The summed E-state index contributed by atoms with van der Waals surface area (Å²) in [6, 6.07) is 7.03. The van der Waals surface area contributed by atoms with Gasteiger partial charge in [0.05, 0.1) is 17.2 Å². The van der Waals surface area contributed by atoms with Gasteiger partial charge in [0, 0.05) is 35.6 Å². The fraction of sp³-hybridized carbons (Fsp3) is 0.292. The number of benzene rings is 2. The number of nitrogens with zero attached hydrogens (tertiary/aromatic N) is 2. The number of nitrogens with one attached hydrogen (secondary N) is 1. The topological polar surface area (TPSA) is 93.5 Å². The molecular weight excluding hydrogens is 470 g/mol. The van der Waals surface area contributed by atoms with Gasteiger partial charge in [0.2, 0.25) is 5.91 Å². The van der Waals surface area contributed by atoms with E-state index in [4.69, 9.17) is 0 Å². The van der Waals surface area contributed by atoms with Crippen LogP contribution in [0.3, 0.4) is 0 Å². The number of carboxylic acid groups (broad SMARTS) is 1. The van der Waals surface area contributed by atoms with Crippen molar-refractivity contribution in [1.82, 2.24) is 9.78 Å². The molecule has 0 unspecified atom stereocenters. The number of ether oxygens (including phenoxy) is 1. The van der Waals surface area contributed by atoms with Crippen molar-refractivity contribution in [1.29, 1.82) is 0 Å². The van der Waals surface area contributed by atoms with Crippen molar-refractivity contribution >= 4 is 17.6 Å². The number of rotatable bonds is 8. The van der Waals surface area contributed by atoms with Crippen molar-refractivity contribution < 1.29 is 37.0 Å². The van der Waals surface area contributed by atoms with Gasteiger partial charge in [-0.3, -0.25) is 9.48 Å². The molecule has 1 fully saturated rings. The molecule has 7 nitrogen and oxygen atoms in total. The molecule has 0 aliphatic heterocycles. The Kier molecular flexibility index (Phi) is 6.27. The van der Waals surface area contributed by atoms with Crippen LogP contribution >= 0.6 is 0 Å². The summed E-state index contributed by atoms with van der Waals surface area (Å²) in [7, 11) is 0. The van der Waals surface area contributed by atoms with Crippen LogP contribution in [0.1, 0.15) is 42.1 Å². The summed E-state index contributed by atoms with van der Waals surface area (Å²) < 4.78 is 57.2. The van der Waals surface area contributed by atoms with Crippen LogP contribution in [0.25, 0.3) is 11.1 Å². The number of hydrogen-bond donors (Lipinski definition) is 2.